The highest BCUT2D eigenvalue weighted by Crippen LogP contribution is 2.34. The van der Waals surface area contributed by atoms with E-state index in [0.717, 1.165) is 22.4 Å². The first kappa shape index (κ1) is 10.3. The van der Waals surface area contributed by atoms with Crippen molar-refractivity contribution in [1.29, 1.82) is 0 Å². The zero-order chi connectivity index (χ0) is 11.7. The summed E-state index contributed by atoms with van der Waals surface area (Å²) >= 11 is 0. The van der Waals surface area contributed by atoms with Crippen LogP contribution < -0.4 is 10.2 Å². The number of hydrogen-bond acceptors (Lipinski definition) is 3. The molecular weight excluding hydrogens is 214 g/mol. The highest BCUT2D eigenvalue weighted by molar-refractivity contribution is 5.45. The Morgan fingerprint density at radius 2 is 1.71 bits per heavy atom. The highest BCUT2D eigenvalue weighted by Gasteiger charge is 2.23. The van der Waals surface area contributed by atoms with E-state index in [1.807, 2.05) is 48.5 Å². The lowest BCUT2D eigenvalue weighted by Gasteiger charge is -2.16. The molecule has 0 spiro atoms. The molecule has 0 aromatic heterocycles. The monoisotopic (exact) mass is 227 g/mol. The Balaban J connectivity index is 2.19. The first-order chi connectivity index (χ1) is 8.40. The van der Waals surface area contributed by atoms with Crippen LogP contribution in [0.25, 0.3) is 0 Å². The average Bonchev–Trinajstić information content (AvgIpc) is 2.55. The van der Waals surface area contributed by atoms with E-state index in [2.05, 4.69) is 5.48 Å². The van der Waals surface area contributed by atoms with Crippen LogP contribution >= 0.6 is 0 Å². The van der Waals surface area contributed by atoms with Gasteiger partial charge in [-0.25, -0.2) is 0 Å². The Labute approximate surface area is 99.6 Å². The van der Waals surface area contributed by atoms with Gasteiger partial charge in [0.25, 0.3) is 0 Å². The molecule has 2 aromatic rings. The molecule has 2 N–H and O–H groups in total. The summed E-state index contributed by atoms with van der Waals surface area (Å²) in [6.45, 7) is 0.533. The largest absolute Gasteiger partial charge is 0.489 e. The summed E-state index contributed by atoms with van der Waals surface area (Å²) in [5.41, 5.74) is 5.48. The predicted molar refractivity (Wildman–Crippen MR) is 64.0 cm³/mol. The Bertz CT molecular complexity index is 492. The molecule has 1 aliphatic rings. The fourth-order valence-corrected chi connectivity index (χ4v) is 2.26. The van der Waals surface area contributed by atoms with Gasteiger partial charge in [-0.15, -0.1) is 0 Å². The van der Waals surface area contributed by atoms with Gasteiger partial charge in [-0.3, -0.25) is 0 Å². The van der Waals surface area contributed by atoms with E-state index in [0.29, 0.717) is 6.61 Å². The molecule has 17 heavy (non-hydrogen) atoms. The van der Waals surface area contributed by atoms with Crippen molar-refractivity contribution in [3.8, 4) is 5.75 Å². The number of hydroxylamine groups is 1. The van der Waals surface area contributed by atoms with E-state index in [1.54, 1.807) is 0 Å². The van der Waals surface area contributed by atoms with Gasteiger partial charge in [0.15, 0.2) is 0 Å². The smallest absolute Gasteiger partial charge is 0.125 e. The van der Waals surface area contributed by atoms with Gasteiger partial charge in [0.1, 0.15) is 12.4 Å². The predicted octanol–water partition coefficient (Wildman–Crippen LogP) is 2.65. The van der Waals surface area contributed by atoms with Crippen molar-refractivity contribution < 1.29 is 9.94 Å². The second kappa shape index (κ2) is 4.20. The molecule has 0 fully saturated rings. The van der Waals surface area contributed by atoms with E-state index in [1.165, 1.54) is 0 Å². The van der Waals surface area contributed by atoms with Crippen molar-refractivity contribution in [1.82, 2.24) is 5.48 Å². The van der Waals surface area contributed by atoms with Crippen LogP contribution in [0.2, 0.25) is 0 Å². The molecule has 2 aromatic carbocycles. The lowest BCUT2D eigenvalue weighted by molar-refractivity contribution is 0.140. The van der Waals surface area contributed by atoms with E-state index >= 15 is 0 Å². The fraction of sp³-hybridized carbons (Fsp3) is 0.143. The zero-order valence-electron chi connectivity index (χ0n) is 9.26. The Morgan fingerprint density at radius 3 is 2.53 bits per heavy atom. The second-order valence-corrected chi connectivity index (χ2v) is 4.09. The van der Waals surface area contributed by atoms with E-state index in [4.69, 9.17) is 4.74 Å². The van der Waals surface area contributed by atoms with E-state index < -0.39 is 0 Å². The molecule has 1 aliphatic heterocycles. The van der Waals surface area contributed by atoms with Gasteiger partial charge in [-0.2, -0.15) is 5.48 Å². The lowest BCUT2D eigenvalue weighted by Crippen LogP contribution is -2.18. The molecule has 0 aliphatic carbocycles. The molecule has 0 saturated heterocycles. The lowest BCUT2D eigenvalue weighted by atomic mass is 9.96. The van der Waals surface area contributed by atoms with Crippen molar-refractivity contribution in [3.63, 3.8) is 0 Å². The van der Waals surface area contributed by atoms with Gasteiger partial charge in [-0.1, -0.05) is 42.5 Å². The van der Waals surface area contributed by atoms with Crippen LogP contribution in [0, 0.1) is 0 Å². The molecule has 0 bridgehead atoms. The molecule has 86 valence electrons. The van der Waals surface area contributed by atoms with Crippen molar-refractivity contribution in [2.24, 2.45) is 0 Å². The number of nitrogens with one attached hydrogen (secondary N) is 1. The van der Waals surface area contributed by atoms with Gasteiger partial charge in [-0.05, 0) is 17.2 Å². The summed E-state index contributed by atoms with van der Waals surface area (Å²) in [4.78, 5) is 0. The number of benzene rings is 2. The van der Waals surface area contributed by atoms with Crippen molar-refractivity contribution in [2.45, 2.75) is 12.6 Å². The van der Waals surface area contributed by atoms with Crippen LogP contribution in [-0.4, -0.2) is 5.21 Å². The maximum absolute atomic E-state index is 9.40. The minimum Gasteiger partial charge on any atom is -0.489 e. The third-order valence-corrected chi connectivity index (χ3v) is 3.11. The van der Waals surface area contributed by atoms with Gasteiger partial charge in [0.05, 0.1) is 6.04 Å². The van der Waals surface area contributed by atoms with Gasteiger partial charge < -0.3 is 9.94 Å². The van der Waals surface area contributed by atoms with Crippen LogP contribution in [0.5, 0.6) is 5.75 Å². The number of hydrogen-bond donors (Lipinski definition) is 2. The number of rotatable bonds is 1. The number of ether oxygens (including phenoxy) is 1. The van der Waals surface area contributed by atoms with Gasteiger partial charge in [0, 0.05) is 5.56 Å². The Morgan fingerprint density at radius 1 is 1.00 bits per heavy atom. The standard InChI is InChI=1S/C14H13NO2/c16-15-14-11-6-2-1-5-10(11)9-17-13-8-4-3-7-12(13)14/h1-8,14-16H,9H2. The highest BCUT2D eigenvalue weighted by atomic mass is 16.5. The third kappa shape index (κ3) is 1.69. The molecule has 1 atom stereocenters. The number of para-hydroxylation sites is 1. The topological polar surface area (TPSA) is 41.5 Å². The molecule has 3 heteroatoms. The maximum Gasteiger partial charge on any atom is 0.125 e. The van der Waals surface area contributed by atoms with Gasteiger partial charge in [0.2, 0.25) is 0 Å². The first-order valence-electron chi connectivity index (χ1n) is 5.59. The first-order valence-corrected chi connectivity index (χ1v) is 5.59. The second-order valence-electron chi connectivity index (χ2n) is 4.09. The molecular formula is C14H13NO2. The van der Waals surface area contributed by atoms with Crippen molar-refractivity contribution in [2.75, 3.05) is 0 Å². The quantitative estimate of drug-likeness (QED) is 0.736. The minimum atomic E-state index is -0.232. The SMILES string of the molecule is ONC1c2ccccc2COc2ccccc21. The summed E-state index contributed by atoms with van der Waals surface area (Å²) in [7, 11) is 0. The molecule has 0 radical (unpaired) electrons. The van der Waals surface area contributed by atoms with Crippen LogP contribution in [0.4, 0.5) is 0 Å². The average molecular weight is 227 g/mol. The van der Waals surface area contributed by atoms with E-state index in [-0.39, 0.29) is 6.04 Å². The summed E-state index contributed by atoms with van der Waals surface area (Å²) in [5, 5.41) is 9.40. The number of fused-ring (bicyclic) bond motifs is 2. The Hall–Kier alpha value is -1.84. The summed E-state index contributed by atoms with van der Waals surface area (Å²) < 4.78 is 5.76. The molecule has 1 heterocycles. The maximum atomic E-state index is 9.40. The van der Waals surface area contributed by atoms with Crippen molar-refractivity contribution in [3.05, 3.63) is 65.2 Å². The van der Waals surface area contributed by atoms with E-state index in [9.17, 15) is 5.21 Å². The minimum absolute atomic E-state index is 0.232. The fourth-order valence-electron chi connectivity index (χ4n) is 2.26. The molecule has 0 amide bonds. The third-order valence-electron chi connectivity index (χ3n) is 3.11. The van der Waals surface area contributed by atoms with Crippen LogP contribution in [-0.2, 0) is 6.61 Å². The summed E-state index contributed by atoms with van der Waals surface area (Å²) in [6, 6.07) is 15.5. The molecule has 3 nitrogen and oxygen atoms in total. The normalized spacial score (nSPS) is 17.6. The van der Waals surface area contributed by atoms with Gasteiger partial charge >= 0.3 is 0 Å². The van der Waals surface area contributed by atoms with Crippen LogP contribution in [0.15, 0.2) is 48.5 Å². The molecule has 0 saturated carbocycles. The zero-order valence-corrected chi connectivity index (χ0v) is 9.26. The molecule has 1 unspecified atom stereocenters. The van der Waals surface area contributed by atoms with Crippen LogP contribution in [0.3, 0.4) is 0 Å². The van der Waals surface area contributed by atoms with Crippen molar-refractivity contribution >= 4 is 0 Å². The van der Waals surface area contributed by atoms with Crippen LogP contribution in [0.1, 0.15) is 22.7 Å². The summed E-state index contributed by atoms with van der Waals surface area (Å²) in [5.74, 6) is 0.815. The Kier molecular flexibility index (Phi) is 2.55. The summed E-state index contributed by atoms with van der Waals surface area (Å²) in [6.07, 6.45) is 0. The molecule has 3 rings (SSSR count).